The van der Waals surface area contributed by atoms with Crippen LogP contribution in [0.3, 0.4) is 0 Å². The van der Waals surface area contributed by atoms with Crippen LogP contribution in [0.2, 0.25) is 0 Å². The summed E-state index contributed by atoms with van der Waals surface area (Å²) >= 11 is 1.61. The van der Waals surface area contributed by atoms with Crippen LogP contribution in [-0.2, 0) is 7.05 Å². The van der Waals surface area contributed by atoms with E-state index >= 15 is 0 Å². The molecule has 0 atom stereocenters. The molecule has 0 unspecified atom stereocenters. The average Bonchev–Trinajstić information content (AvgIpc) is 3.06. The molecule has 0 bridgehead atoms. The van der Waals surface area contributed by atoms with Crippen molar-refractivity contribution in [3.05, 3.63) is 57.3 Å². The van der Waals surface area contributed by atoms with Crippen LogP contribution in [0, 0.1) is 18.3 Å². The molecular weight excluding hydrogens is 282 g/mol. The summed E-state index contributed by atoms with van der Waals surface area (Å²) in [7, 11) is 1.90. The van der Waals surface area contributed by atoms with E-state index < -0.39 is 0 Å². The highest BCUT2D eigenvalue weighted by Crippen LogP contribution is 2.29. The van der Waals surface area contributed by atoms with Gasteiger partial charge in [-0.15, -0.1) is 11.3 Å². The highest BCUT2D eigenvalue weighted by Gasteiger charge is 2.14. The Labute approximate surface area is 125 Å². The first kappa shape index (κ1) is 13.4. The van der Waals surface area contributed by atoms with Gasteiger partial charge in [-0.25, -0.2) is 0 Å². The van der Waals surface area contributed by atoms with E-state index in [1.807, 2.05) is 61.1 Å². The molecule has 3 rings (SSSR count). The van der Waals surface area contributed by atoms with Crippen molar-refractivity contribution in [1.29, 1.82) is 5.26 Å². The molecule has 0 fully saturated rings. The van der Waals surface area contributed by atoms with E-state index in [4.69, 9.17) is 0 Å². The number of aryl methyl sites for hydroxylation is 2. The van der Waals surface area contributed by atoms with Gasteiger partial charge in [-0.2, -0.15) is 5.26 Å². The van der Waals surface area contributed by atoms with Gasteiger partial charge >= 0.3 is 0 Å². The highest BCUT2D eigenvalue weighted by atomic mass is 32.1. The molecule has 0 aliphatic heterocycles. The lowest BCUT2D eigenvalue weighted by molar-refractivity contribution is 0.935. The second-order valence-electron chi connectivity index (χ2n) is 4.83. The minimum atomic E-state index is -0.350. The van der Waals surface area contributed by atoms with Gasteiger partial charge in [-0.05, 0) is 37.3 Å². The number of nitriles is 1. The van der Waals surface area contributed by atoms with E-state index in [2.05, 4.69) is 4.98 Å². The Balaban J connectivity index is 2.28. The minimum Gasteiger partial charge on any atom is -0.351 e. The minimum absolute atomic E-state index is 0.147. The number of rotatable bonds is 2. The SMILES string of the molecule is Cc1ccc(-c2cc(-c3cccn3C)c(C#N)c(=O)[nH]2)s1. The summed E-state index contributed by atoms with van der Waals surface area (Å²) in [5.74, 6) is 0. The monoisotopic (exact) mass is 295 g/mol. The van der Waals surface area contributed by atoms with Crippen molar-refractivity contribution in [2.45, 2.75) is 6.92 Å². The van der Waals surface area contributed by atoms with Gasteiger partial charge in [0.2, 0.25) is 0 Å². The zero-order valence-electron chi connectivity index (χ0n) is 11.7. The van der Waals surface area contributed by atoms with Crippen LogP contribution >= 0.6 is 11.3 Å². The lowest BCUT2D eigenvalue weighted by Gasteiger charge is -2.07. The normalized spacial score (nSPS) is 10.5. The molecule has 0 amide bonds. The quantitative estimate of drug-likeness (QED) is 0.788. The number of hydrogen-bond acceptors (Lipinski definition) is 3. The van der Waals surface area contributed by atoms with Crippen molar-refractivity contribution in [3.63, 3.8) is 0 Å². The van der Waals surface area contributed by atoms with Crippen LogP contribution < -0.4 is 5.56 Å². The first-order chi connectivity index (χ1) is 10.1. The maximum Gasteiger partial charge on any atom is 0.267 e. The summed E-state index contributed by atoms with van der Waals surface area (Å²) in [4.78, 5) is 17.2. The Hall–Kier alpha value is -2.58. The van der Waals surface area contributed by atoms with Gasteiger partial charge in [0.1, 0.15) is 11.6 Å². The predicted octanol–water partition coefficient (Wildman–Crippen LogP) is 3.29. The van der Waals surface area contributed by atoms with Gasteiger partial charge in [-0.3, -0.25) is 4.79 Å². The van der Waals surface area contributed by atoms with Crippen molar-refractivity contribution >= 4 is 11.3 Å². The summed E-state index contributed by atoms with van der Waals surface area (Å²) in [6.07, 6.45) is 1.90. The first-order valence-electron chi connectivity index (χ1n) is 6.46. The molecule has 5 heteroatoms. The van der Waals surface area contributed by atoms with Gasteiger partial charge < -0.3 is 9.55 Å². The fourth-order valence-electron chi connectivity index (χ4n) is 2.33. The third kappa shape index (κ3) is 2.30. The van der Waals surface area contributed by atoms with Crippen LogP contribution in [0.25, 0.3) is 21.8 Å². The fraction of sp³-hybridized carbons (Fsp3) is 0.125. The number of hydrogen-bond donors (Lipinski definition) is 1. The van der Waals surface area contributed by atoms with Crippen LogP contribution in [0.4, 0.5) is 0 Å². The Morgan fingerprint density at radius 1 is 1.33 bits per heavy atom. The largest absolute Gasteiger partial charge is 0.351 e. The molecule has 21 heavy (non-hydrogen) atoms. The molecule has 0 saturated heterocycles. The van der Waals surface area contributed by atoms with Crippen LogP contribution in [-0.4, -0.2) is 9.55 Å². The maximum absolute atomic E-state index is 12.2. The number of H-pyrrole nitrogens is 1. The summed E-state index contributed by atoms with van der Waals surface area (Å²) in [6.45, 7) is 2.02. The Morgan fingerprint density at radius 3 is 2.71 bits per heavy atom. The van der Waals surface area contributed by atoms with E-state index in [-0.39, 0.29) is 11.1 Å². The fourth-order valence-corrected chi connectivity index (χ4v) is 3.16. The van der Waals surface area contributed by atoms with Crippen molar-refractivity contribution < 1.29 is 0 Å². The molecule has 0 saturated carbocycles. The topological polar surface area (TPSA) is 61.6 Å². The molecule has 0 aliphatic carbocycles. The summed E-state index contributed by atoms with van der Waals surface area (Å²) in [5.41, 5.74) is 2.06. The molecule has 4 nitrogen and oxygen atoms in total. The molecule has 104 valence electrons. The number of aromatic amines is 1. The van der Waals surface area contributed by atoms with Crippen LogP contribution in [0.5, 0.6) is 0 Å². The van der Waals surface area contributed by atoms with Crippen molar-refractivity contribution in [1.82, 2.24) is 9.55 Å². The van der Waals surface area contributed by atoms with Gasteiger partial charge in [0.15, 0.2) is 0 Å². The van der Waals surface area contributed by atoms with E-state index in [1.54, 1.807) is 11.3 Å². The lowest BCUT2D eigenvalue weighted by atomic mass is 10.1. The van der Waals surface area contributed by atoms with Gasteiger partial charge in [0.25, 0.3) is 5.56 Å². The first-order valence-corrected chi connectivity index (χ1v) is 7.27. The smallest absolute Gasteiger partial charge is 0.267 e. The third-order valence-electron chi connectivity index (χ3n) is 3.37. The maximum atomic E-state index is 12.2. The zero-order valence-corrected chi connectivity index (χ0v) is 12.5. The summed E-state index contributed by atoms with van der Waals surface area (Å²) in [6, 6.07) is 11.7. The molecular formula is C16H13N3OS. The second kappa shape index (κ2) is 5.08. The lowest BCUT2D eigenvalue weighted by Crippen LogP contribution is -2.13. The summed E-state index contributed by atoms with van der Waals surface area (Å²) in [5, 5.41) is 9.28. The van der Waals surface area contributed by atoms with Crippen molar-refractivity contribution in [2.24, 2.45) is 7.05 Å². The molecule has 0 aliphatic rings. The molecule has 0 aromatic carbocycles. The van der Waals surface area contributed by atoms with Gasteiger partial charge in [0, 0.05) is 29.4 Å². The van der Waals surface area contributed by atoms with Crippen LogP contribution in [0.1, 0.15) is 10.4 Å². The zero-order chi connectivity index (χ0) is 15.0. The van der Waals surface area contributed by atoms with Gasteiger partial charge in [0.05, 0.1) is 10.6 Å². The van der Waals surface area contributed by atoms with Gasteiger partial charge in [-0.1, -0.05) is 0 Å². The van der Waals surface area contributed by atoms with E-state index in [0.29, 0.717) is 5.56 Å². The van der Waals surface area contributed by atoms with E-state index in [1.165, 1.54) is 4.88 Å². The van der Waals surface area contributed by atoms with Crippen LogP contribution in [0.15, 0.2) is 41.3 Å². The highest BCUT2D eigenvalue weighted by molar-refractivity contribution is 7.15. The number of nitrogens with zero attached hydrogens (tertiary/aromatic N) is 2. The van der Waals surface area contributed by atoms with E-state index in [9.17, 15) is 10.1 Å². The number of pyridine rings is 1. The Kier molecular flexibility index (Phi) is 3.24. The second-order valence-corrected chi connectivity index (χ2v) is 6.12. The molecule has 0 radical (unpaired) electrons. The average molecular weight is 295 g/mol. The van der Waals surface area contributed by atoms with Crippen molar-refractivity contribution in [3.8, 4) is 27.9 Å². The molecule has 3 aromatic heterocycles. The Bertz CT molecular complexity index is 908. The number of nitrogens with one attached hydrogen (secondary N) is 1. The molecule has 3 heterocycles. The standard InChI is InChI=1S/C16H13N3OS/c1-10-5-6-15(21-10)13-8-11(12(9-17)16(20)18-13)14-4-3-7-19(14)2/h3-8H,1-2H3,(H,18,20). The Morgan fingerprint density at radius 2 is 2.14 bits per heavy atom. The molecule has 0 spiro atoms. The number of aromatic nitrogens is 2. The van der Waals surface area contributed by atoms with E-state index in [0.717, 1.165) is 16.3 Å². The predicted molar refractivity (Wildman–Crippen MR) is 84.2 cm³/mol. The van der Waals surface area contributed by atoms with Crippen molar-refractivity contribution in [2.75, 3.05) is 0 Å². The molecule has 3 aromatic rings. The summed E-state index contributed by atoms with van der Waals surface area (Å²) < 4.78 is 1.90. The molecule has 1 N–H and O–H groups in total. The number of thiophene rings is 1. The third-order valence-corrected chi connectivity index (χ3v) is 4.40.